The summed E-state index contributed by atoms with van der Waals surface area (Å²) >= 11 is 6.33. The Bertz CT molecular complexity index is 1880. The van der Waals surface area contributed by atoms with Crippen LogP contribution in [0.25, 0.3) is 0 Å². The van der Waals surface area contributed by atoms with Crippen LogP contribution in [-0.4, -0.2) is 58.4 Å². The van der Waals surface area contributed by atoms with Gasteiger partial charge in [0.15, 0.2) is 0 Å². The van der Waals surface area contributed by atoms with Crippen molar-refractivity contribution in [3.63, 3.8) is 0 Å². The first kappa shape index (κ1) is 30.7. The second kappa shape index (κ2) is 11.4. The van der Waals surface area contributed by atoms with Crippen molar-refractivity contribution in [2.45, 2.75) is 30.6 Å². The topological polar surface area (TPSA) is 142 Å². The number of benzene rings is 3. The maximum atomic E-state index is 15.2. The molecule has 0 aromatic heterocycles. The monoisotopic (exact) mass is 654 g/mol. The highest BCUT2D eigenvalue weighted by Crippen LogP contribution is 2.65. The van der Waals surface area contributed by atoms with Crippen molar-refractivity contribution in [1.82, 2.24) is 4.90 Å². The summed E-state index contributed by atoms with van der Waals surface area (Å²) in [7, 11) is 1.47. The summed E-state index contributed by atoms with van der Waals surface area (Å²) in [6.07, 6.45) is 1.77. The fraction of sp³-hybridized carbons (Fsp3) is 0.306. The number of anilines is 1. The van der Waals surface area contributed by atoms with E-state index in [0.717, 1.165) is 9.80 Å². The number of hydrogen-bond donors (Lipinski definition) is 2. The Morgan fingerprint density at radius 1 is 0.957 bits per heavy atom. The number of allylic oxidation sites excluding steroid dienone is 2. The van der Waals surface area contributed by atoms with Crippen molar-refractivity contribution in [3.8, 4) is 11.5 Å². The van der Waals surface area contributed by atoms with Gasteiger partial charge in [0, 0.05) is 29.1 Å². The lowest BCUT2D eigenvalue weighted by Crippen LogP contribution is -2.53. The van der Waals surface area contributed by atoms with E-state index in [9.17, 15) is 29.4 Å². The molecule has 3 fully saturated rings. The van der Waals surface area contributed by atoms with Crippen LogP contribution in [0, 0.1) is 23.7 Å². The lowest BCUT2D eigenvalue weighted by atomic mass is 9.49. The number of carbonyl (C=O) groups is 5. The van der Waals surface area contributed by atoms with E-state index in [2.05, 4.69) is 0 Å². The predicted molar refractivity (Wildman–Crippen MR) is 170 cm³/mol. The number of methoxy groups -OCH3 is 1. The number of amides is 4. The summed E-state index contributed by atoms with van der Waals surface area (Å²) in [5, 5.41) is 21.2. The van der Waals surface area contributed by atoms with Gasteiger partial charge in [-0.1, -0.05) is 65.7 Å². The van der Waals surface area contributed by atoms with Crippen LogP contribution < -0.4 is 9.64 Å². The Morgan fingerprint density at radius 3 is 2.40 bits per heavy atom. The first-order valence-corrected chi connectivity index (χ1v) is 15.8. The van der Waals surface area contributed by atoms with E-state index in [1.165, 1.54) is 13.2 Å². The Kier molecular flexibility index (Phi) is 7.43. The minimum atomic E-state index is -1.53. The number of imide groups is 2. The summed E-state index contributed by atoms with van der Waals surface area (Å²) in [4.78, 5) is 70.9. The van der Waals surface area contributed by atoms with Gasteiger partial charge in [0.25, 0.3) is 0 Å². The molecule has 0 unspecified atom stereocenters. The third-order valence-corrected chi connectivity index (χ3v) is 10.6. The van der Waals surface area contributed by atoms with Gasteiger partial charge in [0.1, 0.15) is 11.5 Å². The molecule has 4 amide bonds. The number of halogens is 1. The lowest BCUT2D eigenvalue weighted by molar-refractivity contribution is -0.142. The number of rotatable bonds is 7. The Morgan fingerprint density at radius 2 is 1.72 bits per heavy atom. The van der Waals surface area contributed by atoms with Crippen LogP contribution in [0.4, 0.5) is 5.69 Å². The smallest absolute Gasteiger partial charge is 0.305 e. The molecule has 3 aromatic rings. The van der Waals surface area contributed by atoms with Crippen molar-refractivity contribution in [3.05, 3.63) is 101 Å². The zero-order valence-corrected chi connectivity index (χ0v) is 26.1. The van der Waals surface area contributed by atoms with Gasteiger partial charge < -0.3 is 14.9 Å². The first-order chi connectivity index (χ1) is 22.6. The molecule has 2 saturated heterocycles. The first-order valence-electron chi connectivity index (χ1n) is 15.4. The number of carbonyl (C=O) groups excluding carboxylic acids is 4. The van der Waals surface area contributed by atoms with Gasteiger partial charge in [-0.15, -0.1) is 0 Å². The van der Waals surface area contributed by atoms with Crippen molar-refractivity contribution >= 4 is 46.9 Å². The number of likely N-dealkylation sites (tertiary alicyclic amines) is 1. The van der Waals surface area contributed by atoms with Crippen LogP contribution in [0.3, 0.4) is 0 Å². The molecule has 7 rings (SSSR count). The number of carboxylic acids is 1. The van der Waals surface area contributed by atoms with Gasteiger partial charge in [-0.3, -0.25) is 28.9 Å². The van der Waals surface area contributed by atoms with Crippen molar-refractivity contribution in [2.75, 3.05) is 18.6 Å². The van der Waals surface area contributed by atoms with Gasteiger partial charge >= 0.3 is 5.97 Å². The quantitative estimate of drug-likeness (QED) is 0.276. The van der Waals surface area contributed by atoms with E-state index < -0.39 is 64.6 Å². The third-order valence-electron chi connectivity index (χ3n) is 10.4. The van der Waals surface area contributed by atoms with Crippen LogP contribution in [0.1, 0.15) is 36.3 Å². The average molecular weight is 655 g/mol. The highest BCUT2D eigenvalue weighted by molar-refractivity contribution is 6.32. The lowest BCUT2D eigenvalue weighted by Gasteiger charge is -2.50. The van der Waals surface area contributed by atoms with Gasteiger partial charge in [-0.2, -0.15) is 0 Å². The molecule has 0 spiro atoms. The maximum absolute atomic E-state index is 15.2. The Hall–Kier alpha value is -4.96. The zero-order chi connectivity index (χ0) is 33.2. The fourth-order valence-corrected chi connectivity index (χ4v) is 8.66. The summed E-state index contributed by atoms with van der Waals surface area (Å²) in [5.74, 6) is -6.87. The number of phenolic OH excluding ortho intramolecular Hbond substituents is 1. The molecule has 1 saturated carbocycles. The van der Waals surface area contributed by atoms with Gasteiger partial charge in [0.05, 0.1) is 42.4 Å². The number of aromatic hydroxyl groups is 1. The molecule has 2 N–H and O–H groups in total. The number of phenols is 1. The van der Waals surface area contributed by atoms with Crippen LogP contribution in [0.5, 0.6) is 11.5 Å². The van der Waals surface area contributed by atoms with E-state index >= 15 is 4.79 Å². The number of carboxylic acid groups (broad SMARTS) is 1. The molecule has 2 heterocycles. The molecule has 10 nitrogen and oxygen atoms in total. The van der Waals surface area contributed by atoms with Crippen LogP contribution in [0.15, 0.2) is 84.4 Å². The number of hydrogen-bond acceptors (Lipinski definition) is 7. The number of aliphatic carboxylic acids is 1. The minimum absolute atomic E-state index is 0.0861. The molecule has 4 aliphatic rings. The van der Waals surface area contributed by atoms with E-state index in [0.29, 0.717) is 33.2 Å². The molecule has 0 radical (unpaired) electrons. The Labute approximate surface area is 275 Å². The number of nitrogens with zero attached hydrogens (tertiary/aromatic N) is 2. The largest absolute Gasteiger partial charge is 0.508 e. The maximum Gasteiger partial charge on any atom is 0.305 e. The summed E-state index contributed by atoms with van der Waals surface area (Å²) in [6, 6.07) is 20.3. The minimum Gasteiger partial charge on any atom is -0.508 e. The fourth-order valence-electron chi connectivity index (χ4n) is 8.48. The normalized spacial score (nSPS) is 28.1. The summed E-state index contributed by atoms with van der Waals surface area (Å²) in [5.41, 5.74) is 0.407. The molecule has 2 aliphatic carbocycles. The van der Waals surface area contributed by atoms with E-state index in [1.807, 2.05) is 12.1 Å². The standard InChI is InChI=1S/C36H31ClN2O8/c1-47-22-10-11-24(28(40)17-22)31-23-12-13-25-30(34(45)38(32(25)43)15-14-29(41)42)26(23)18-27-33(44)39(21-9-5-8-20(37)16-21)35(46)36(27,31)19-6-3-2-4-7-19/h2-12,16-17,25-27,30-31,40H,13-15,18H2,1H3,(H,41,42)/t25-,26+,27-,30-,31+,36+/m0/s1. The van der Waals surface area contributed by atoms with E-state index in [1.54, 1.807) is 60.7 Å². The predicted octanol–water partition coefficient (Wildman–Crippen LogP) is 4.69. The van der Waals surface area contributed by atoms with Gasteiger partial charge in [0.2, 0.25) is 23.6 Å². The SMILES string of the molecule is COc1ccc([C@H]2C3=CC[C@@H]4C(=O)N(CCC(=O)O)C(=O)[C@@H]4[C@@H]3C[C@H]3C(=O)N(c4cccc(Cl)c4)C(=O)[C@@]23c2ccccc2)c(O)c1. The van der Waals surface area contributed by atoms with Crippen LogP contribution >= 0.6 is 11.6 Å². The van der Waals surface area contributed by atoms with E-state index in [-0.39, 0.29) is 31.6 Å². The van der Waals surface area contributed by atoms with Gasteiger partial charge in [-0.25, -0.2) is 4.90 Å². The zero-order valence-electron chi connectivity index (χ0n) is 25.3. The molecule has 47 heavy (non-hydrogen) atoms. The third kappa shape index (κ3) is 4.49. The van der Waals surface area contributed by atoms with Crippen LogP contribution in [-0.2, 0) is 29.4 Å². The van der Waals surface area contributed by atoms with Crippen molar-refractivity contribution < 1.29 is 38.9 Å². The van der Waals surface area contributed by atoms with Crippen LogP contribution in [0.2, 0.25) is 5.02 Å². The molecule has 240 valence electrons. The molecule has 2 aliphatic heterocycles. The second-order valence-corrected chi connectivity index (χ2v) is 12.9. The van der Waals surface area contributed by atoms with Crippen molar-refractivity contribution in [2.24, 2.45) is 23.7 Å². The molecule has 0 bridgehead atoms. The molecular weight excluding hydrogens is 624 g/mol. The molecule has 6 atom stereocenters. The highest BCUT2D eigenvalue weighted by atomic mass is 35.5. The van der Waals surface area contributed by atoms with E-state index in [4.69, 9.17) is 16.3 Å². The number of fused-ring (bicyclic) bond motifs is 4. The van der Waals surface area contributed by atoms with Crippen molar-refractivity contribution in [1.29, 1.82) is 0 Å². The summed E-state index contributed by atoms with van der Waals surface area (Å²) < 4.78 is 5.35. The highest BCUT2D eigenvalue weighted by Gasteiger charge is 2.70. The Balaban J connectivity index is 1.47. The van der Waals surface area contributed by atoms with Gasteiger partial charge in [-0.05, 0) is 48.6 Å². The number of ether oxygens (including phenoxy) is 1. The second-order valence-electron chi connectivity index (χ2n) is 12.5. The molecular formula is C36H31ClN2O8. The summed E-state index contributed by atoms with van der Waals surface area (Å²) in [6.45, 7) is -0.248. The molecule has 3 aromatic carbocycles. The average Bonchev–Trinajstić information content (AvgIpc) is 3.44. The molecule has 11 heteroatoms.